The van der Waals surface area contributed by atoms with Crippen molar-refractivity contribution in [3.05, 3.63) is 81.9 Å². The van der Waals surface area contributed by atoms with Crippen LogP contribution in [0.15, 0.2) is 48.6 Å². The van der Waals surface area contributed by atoms with Gasteiger partial charge in [-0.2, -0.15) is 0 Å². The number of fused-ring (bicyclic) bond motifs is 5. The molecule has 0 heterocycles. The quantitative estimate of drug-likeness (QED) is 0.438. The molecule has 0 radical (unpaired) electrons. The Morgan fingerprint density at radius 1 is 0.559 bits per heavy atom. The minimum Gasteiger partial charge on any atom is -0.0764 e. The van der Waals surface area contributed by atoms with Crippen molar-refractivity contribution in [1.82, 2.24) is 0 Å². The Kier molecular flexibility index (Phi) is 5.15. The van der Waals surface area contributed by atoms with Crippen molar-refractivity contribution < 1.29 is 0 Å². The lowest BCUT2D eigenvalue weighted by molar-refractivity contribution is 0.175. The number of hydrogen-bond donors (Lipinski definition) is 0. The molecule has 2 unspecified atom stereocenters. The van der Waals surface area contributed by atoms with Crippen LogP contribution in [-0.4, -0.2) is 0 Å². The van der Waals surface area contributed by atoms with Gasteiger partial charge in [-0.15, -0.1) is 0 Å². The lowest BCUT2D eigenvalue weighted by Crippen LogP contribution is -2.43. The average molecular weight is 449 g/mol. The number of allylic oxidation sites excluding steroid dienone is 2. The number of benzene rings is 2. The summed E-state index contributed by atoms with van der Waals surface area (Å²) < 4.78 is 0. The van der Waals surface area contributed by atoms with Crippen LogP contribution in [-0.2, 0) is 10.8 Å². The summed E-state index contributed by atoms with van der Waals surface area (Å²) in [5.41, 5.74) is 10.8. The maximum absolute atomic E-state index is 2.77. The van der Waals surface area contributed by atoms with E-state index in [1.807, 2.05) is 5.56 Å². The normalized spacial score (nSPS) is 27.6. The highest BCUT2D eigenvalue weighted by molar-refractivity contribution is 5.67. The second-order valence-electron chi connectivity index (χ2n) is 12.3. The van der Waals surface area contributed by atoms with Crippen LogP contribution in [0.1, 0.15) is 135 Å². The van der Waals surface area contributed by atoms with Crippen LogP contribution in [0.3, 0.4) is 0 Å². The molecule has 5 aliphatic rings. The van der Waals surface area contributed by atoms with E-state index in [0.717, 1.165) is 0 Å². The molecular formula is C34H40. The zero-order valence-electron chi connectivity index (χ0n) is 20.8. The summed E-state index contributed by atoms with van der Waals surface area (Å²) in [4.78, 5) is 0. The number of rotatable bonds is 3. The predicted molar refractivity (Wildman–Crippen MR) is 144 cm³/mol. The molecule has 0 heteroatoms. The minimum atomic E-state index is 0.492. The van der Waals surface area contributed by atoms with E-state index in [0.29, 0.717) is 22.7 Å². The van der Waals surface area contributed by atoms with E-state index in [4.69, 9.17) is 0 Å². The van der Waals surface area contributed by atoms with Crippen molar-refractivity contribution in [2.75, 3.05) is 0 Å². The predicted octanol–water partition coefficient (Wildman–Crippen LogP) is 9.59. The summed E-state index contributed by atoms with van der Waals surface area (Å²) in [6, 6.07) is 14.5. The Balaban J connectivity index is 1.22. The first kappa shape index (κ1) is 21.2. The van der Waals surface area contributed by atoms with Crippen molar-refractivity contribution >= 4 is 12.2 Å². The molecule has 0 bridgehead atoms. The molecule has 0 amide bonds. The van der Waals surface area contributed by atoms with Gasteiger partial charge in [0.1, 0.15) is 0 Å². The first-order valence-electron chi connectivity index (χ1n) is 14.4. The Morgan fingerprint density at radius 2 is 1.12 bits per heavy atom. The van der Waals surface area contributed by atoms with Gasteiger partial charge in [0, 0.05) is 11.8 Å². The molecule has 0 saturated heterocycles. The minimum absolute atomic E-state index is 0.492. The average Bonchev–Trinajstić information content (AvgIpc) is 3.49. The van der Waals surface area contributed by atoms with Gasteiger partial charge in [0.25, 0.3) is 0 Å². The molecule has 0 aromatic heterocycles. The van der Waals surface area contributed by atoms with E-state index in [-0.39, 0.29) is 0 Å². The Hall–Kier alpha value is -2.08. The summed E-state index contributed by atoms with van der Waals surface area (Å²) >= 11 is 0. The molecule has 2 spiro atoms. The molecule has 2 aromatic rings. The molecule has 7 rings (SSSR count). The van der Waals surface area contributed by atoms with Gasteiger partial charge >= 0.3 is 0 Å². The molecule has 0 N–H and O–H groups in total. The van der Waals surface area contributed by atoms with Crippen LogP contribution in [0.2, 0.25) is 0 Å². The summed E-state index contributed by atoms with van der Waals surface area (Å²) in [5, 5.41) is 0. The molecule has 2 atom stereocenters. The Morgan fingerprint density at radius 3 is 1.79 bits per heavy atom. The Labute approximate surface area is 206 Å². The first-order valence-corrected chi connectivity index (χ1v) is 14.4. The van der Waals surface area contributed by atoms with Gasteiger partial charge in [0.15, 0.2) is 0 Å². The third kappa shape index (κ3) is 3.31. The Bertz CT molecular complexity index is 1130. The highest BCUT2D eigenvalue weighted by Gasteiger charge is 2.47. The third-order valence-corrected chi connectivity index (χ3v) is 10.7. The summed E-state index contributed by atoms with van der Waals surface area (Å²) in [5.74, 6) is 1.20. The highest BCUT2D eigenvalue weighted by atomic mass is 14.5. The summed E-state index contributed by atoms with van der Waals surface area (Å²) in [7, 11) is 0. The van der Waals surface area contributed by atoms with Gasteiger partial charge in [0.05, 0.1) is 0 Å². The molecule has 2 aromatic carbocycles. The lowest BCUT2D eigenvalue weighted by Gasteiger charge is -2.51. The van der Waals surface area contributed by atoms with E-state index < -0.39 is 0 Å². The molecular weight excluding hydrogens is 408 g/mol. The molecule has 0 aliphatic heterocycles. The second-order valence-corrected chi connectivity index (χ2v) is 12.3. The van der Waals surface area contributed by atoms with E-state index in [9.17, 15) is 0 Å². The number of hydrogen-bond acceptors (Lipinski definition) is 0. The standard InChI is InChI=1S/C34H40/c1-5-17-33(18-6-1)21-22-34(19-7-2-8-20-34)32-24-30-27(15-16-28(30)23-31(32)33)14-13-26-12-11-25-9-3-4-10-29(25)26/h3-4,9-12,15-16,23-24,26-27H,1-2,5-8,13-14,17-22H2. The van der Waals surface area contributed by atoms with Crippen molar-refractivity contribution in [1.29, 1.82) is 0 Å². The van der Waals surface area contributed by atoms with Crippen LogP contribution in [0.4, 0.5) is 0 Å². The smallest absolute Gasteiger partial charge is 0.00276 e. The van der Waals surface area contributed by atoms with E-state index in [1.165, 1.54) is 101 Å². The maximum atomic E-state index is 2.77. The molecule has 2 saturated carbocycles. The van der Waals surface area contributed by atoms with Crippen LogP contribution in [0, 0.1) is 0 Å². The summed E-state index contributed by atoms with van der Waals surface area (Å²) in [6.07, 6.45) is 29.7. The fourth-order valence-corrected chi connectivity index (χ4v) is 8.73. The van der Waals surface area contributed by atoms with Gasteiger partial charge in [0.2, 0.25) is 0 Å². The monoisotopic (exact) mass is 448 g/mol. The zero-order valence-corrected chi connectivity index (χ0v) is 20.8. The van der Waals surface area contributed by atoms with Gasteiger partial charge in [-0.1, -0.05) is 99.2 Å². The van der Waals surface area contributed by atoms with Crippen molar-refractivity contribution in [2.45, 2.75) is 113 Å². The van der Waals surface area contributed by atoms with Crippen molar-refractivity contribution in [3.63, 3.8) is 0 Å². The van der Waals surface area contributed by atoms with Crippen LogP contribution in [0.5, 0.6) is 0 Å². The van der Waals surface area contributed by atoms with Crippen molar-refractivity contribution in [3.8, 4) is 0 Å². The zero-order chi connectivity index (χ0) is 22.6. The largest absolute Gasteiger partial charge is 0.0764 e. The molecule has 2 fully saturated rings. The first-order chi connectivity index (χ1) is 16.8. The molecule has 176 valence electrons. The fraction of sp³-hybridized carbons (Fsp3) is 0.529. The summed E-state index contributed by atoms with van der Waals surface area (Å²) in [6.45, 7) is 0. The SMILES string of the molecule is C1=CC(CCC2C=Cc3cc4c(cc32)C2(CCCCC2)CCC42CCCCC2)c2ccccc21. The van der Waals surface area contributed by atoms with Gasteiger partial charge < -0.3 is 0 Å². The van der Waals surface area contributed by atoms with Crippen LogP contribution >= 0.6 is 0 Å². The highest BCUT2D eigenvalue weighted by Crippen LogP contribution is 2.58. The van der Waals surface area contributed by atoms with Crippen LogP contribution in [0.25, 0.3) is 12.2 Å². The van der Waals surface area contributed by atoms with E-state index >= 15 is 0 Å². The van der Waals surface area contributed by atoms with Crippen molar-refractivity contribution in [2.24, 2.45) is 0 Å². The van der Waals surface area contributed by atoms with Crippen LogP contribution < -0.4 is 0 Å². The van der Waals surface area contributed by atoms with Gasteiger partial charge in [-0.05, 0) is 95.6 Å². The lowest BCUT2D eigenvalue weighted by atomic mass is 9.53. The second kappa shape index (κ2) is 8.25. The topological polar surface area (TPSA) is 0 Å². The van der Waals surface area contributed by atoms with E-state index in [2.05, 4.69) is 60.7 Å². The third-order valence-electron chi connectivity index (χ3n) is 10.7. The fourth-order valence-electron chi connectivity index (χ4n) is 8.73. The molecule has 0 nitrogen and oxygen atoms in total. The maximum Gasteiger partial charge on any atom is 0.00276 e. The molecule has 34 heavy (non-hydrogen) atoms. The van der Waals surface area contributed by atoms with Gasteiger partial charge in [-0.3, -0.25) is 0 Å². The van der Waals surface area contributed by atoms with Gasteiger partial charge in [-0.25, -0.2) is 0 Å². The van der Waals surface area contributed by atoms with E-state index in [1.54, 1.807) is 16.7 Å². The molecule has 5 aliphatic carbocycles.